The van der Waals surface area contributed by atoms with Crippen molar-refractivity contribution in [3.63, 3.8) is 0 Å². The summed E-state index contributed by atoms with van der Waals surface area (Å²) in [6, 6.07) is 37.1. The summed E-state index contributed by atoms with van der Waals surface area (Å²) >= 11 is 7.32. The molecule has 5 N–H and O–H groups in total. The van der Waals surface area contributed by atoms with Gasteiger partial charge in [-0.2, -0.15) is 0 Å². The predicted octanol–water partition coefficient (Wildman–Crippen LogP) is 6.87. The number of nitrogens with one attached hydrogen (secondary N) is 3. The first-order chi connectivity index (χ1) is 23.0. The molecule has 12 heteroatoms. The number of nitrogens with two attached hydrogens (primary N) is 1. The van der Waals surface area contributed by atoms with Gasteiger partial charge in [-0.15, -0.1) is 11.8 Å². The number of carbonyl (C=O) groups excluding carboxylic acids is 3. The highest BCUT2D eigenvalue weighted by Gasteiger charge is 2.23. The summed E-state index contributed by atoms with van der Waals surface area (Å²) in [4.78, 5) is 40.5. The maximum atomic E-state index is 13.5. The van der Waals surface area contributed by atoms with E-state index < -0.39 is 27.1 Å². The van der Waals surface area contributed by atoms with E-state index in [1.165, 1.54) is 36.0 Å². The number of thioether (sulfide) groups is 1. The average Bonchev–Trinajstić information content (AvgIpc) is 3.09. The summed E-state index contributed by atoms with van der Waals surface area (Å²) in [5.41, 5.74) is 2.72. The van der Waals surface area contributed by atoms with Crippen LogP contribution < -0.4 is 21.1 Å². The molecule has 0 aromatic heterocycles. The van der Waals surface area contributed by atoms with Gasteiger partial charge in [0.05, 0.1) is 4.90 Å². The number of hydrogen-bond acceptors (Lipinski definition) is 6. The first kappa shape index (κ1) is 34.1. The Morgan fingerprint density at radius 2 is 1.27 bits per heavy atom. The molecule has 0 saturated carbocycles. The molecule has 1 atom stereocenters. The third kappa shape index (κ3) is 9.43. The molecule has 0 aliphatic rings. The lowest BCUT2D eigenvalue weighted by Crippen LogP contribution is -2.30. The maximum absolute atomic E-state index is 13.5. The third-order valence-electron chi connectivity index (χ3n) is 6.87. The fraction of sp³-hybridized carbons (Fsp3) is 0.0278. The lowest BCUT2D eigenvalue weighted by molar-refractivity contribution is -0.116. The third-order valence-corrected chi connectivity index (χ3v) is 9.31. The van der Waals surface area contributed by atoms with E-state index in [2.05, 4.69) is 16.0 Å². The second-order valence-electron chi connectivity index (χ2n) is 10.4. The lowest BCUT2D eigenvalue weighted by Gasteiger charge is -2.18. The Labute approximate surface area is 287 Å². The largest absolute Gasteiger partial charge is 0.325 e. The standard InChI is InChI=1S/C36H29ClN4O5S2/c37-27-13-11-24(12-14-27)23-32(41-34(42)26-9-5-2-6-10-26)35(43)39-28-15-19-30(20-16-28)47-33(25-7-3-1-4-8-25)36(44)40-29-17-21-31(22-18-29)48(38,45)46/h1-23,33H,(H,39,43)(H,40,44)(H,41,42)(H2,38,45,46)/b32-23-. The first-order valence-electron chi connectivity index (χ1n) is 14.5. The number of benzene rings is 5. The zero-order valence-electron chi connectivity index (χ0n) is 25.2. The summed E-state index contributed by atoms with van der Waals surface area (Å²) in [6.45, 7) is 0. The Hall–Kier alpha value is -5.20. The zero-order valence-corrected chi connectivity index (χ0v) is 27.6. The van der Waals surface area contributed by atoms with E-state index in [-0.39, 0.29) is 16.5 Å². The van der Waals surface area contributed by atoms with Crippen LogP contribution in [0.25, 0.3) is 6.08 Å². The SMILES string of the molecule is NS(=O)(=O)c1ccc(NC(=O)C(Sc2ccc(NC(=O)/C(=C/c3ccc(Cl)cc3)NC(=O)c3ccccc3)cc2)c2ccccc2)cc1. The number of anilines is 2. The van der Waals surface area contributed by atoms with Crippen molar-refractivity contribution >= 4 is 68.6 Å². The molecule has 5 aromatic rings. The van der Waals surface area contributed by atoms with Crippen molar-refractivity contribution in [1.29, 1.82) is 0 Å². The Morgan fingerprint density at radius 3 is 1.88 bits per heavy atom. The van der Waals surface area contributed by atoms with Crippen molar-refractivity contribution in [3.05, 3.63) is 161 Å². The molecule has 5 rings (SSSR count). The van der Waals surface area contributed by atoms with Gasteiger partial charge in [-0.1, -0.05) is 72.3 Å². The molecular formula is C36H29ClN4O5S2. The molecule has 0 radical (unpaired) electrons. The fourth-order valence-corrected chi connectivity index (χ4v) is 6.12. The zero-order chi connectivity index (χ0) is 34.1. The minimum atomic E-state index is -3.87. The highest BCUT2D eigenvalue weighted by atomic mass is 35.5. The number of carbonyl (C=O) groups is 3. The van der Waals surface area contributed by atoms with Crippen molar-refractivity contribution in [1.82, 2.24) is 5.32 Å². The van der Waals surface area contributed by atoms with Crippen molar-refractivity contribution in [2.24, 2.45) is 5.14 Å². The number of rotatable bonds is 11. The molecule has 5 aromatic carbocycles. The molecule has 9 nitrogen and oxygen atoms in total. The number of amides is 3. The normalized spacial score (nSPS) is 12.1. The summed E-state index contributed by atoms with van der Waals surface area (Å²) in [7, 11) is -3.87. The molecule has 48 heavy (non-hydrogen) atoms. The summed E-state index contributed by atoms with van der Waals surface area (Å²) < 4.78 is 23.2. The summed E-state index contributed by atoms with van der Waals surface area (Å²) in [5.74, 6) is -1.30. The van der Waals surface area contributed by atoms with Gasteiger partial charge in [0.1, 0.15) is 10.9 Å². The van der Waals surface area contributed by atoms with E-state index in [9.17, 15) is 22.8 Å². The van der Waals surface area contributed by atoms with Crippen LogP contribution >= 0.6 is 23.4 Å². The summed E-state index contributed by atoms with van der Waals surface area (Å²) in [5, 5.41) is 13.4. The van der Waals surface area contributed by atoms with E-state index >= 15 is 0 Å². The number of hydrogen-bond donors (Lipinski definition) is 4. The van der Waals surface area contributed by atoms with E-state index in [1.807, 2.05) is 30.3 Å². The van der Waals surface area contributed by atoms with Gasteiger partial charge in [-0.25, -0.2) is 13.6 Å². The van der Waals surface area contributed by atoms with E-state index in [0.29, 0.717) is 27.5 Å². The molecule has 1 unspecified atom stereocenters. The minimum absolute atomic E-state index is 0.0301. The van der Waals surface area contributed by atoms with Gasteiger partial charge in [-0.3, -0.25) is 14.4 Å². The molecule has 0 aliphatic heterocycles. The molecule has 0 spiro atoms. The van der Waals surface area contributed by atoms with Crippen LogP contribution in [0.4, 0.5) is 11.4 Å². The van der Waals surface area contributed by atoms with Crippen LogP contribution in [0.15, 0.2) is 149 Å². The van der Waals surface area contributed by atoms with Crippen molar-refractivity contribution < 1.29 is 22.8 Å². The topological polar surface area (TPSA) is 147 Å². The monoisotopic (exact) mass is 696 g/mol. The van der Waals surface area contributed by atoms with E-state index in [4.69, 9.17) is 16.7 Å². The molecule has 3 amide bonds. The highest BCUT2D eigenvalue weighted by molar-refractivity contribution is 8.00. The maximum Gasteiger partial charge on any atom is 0.272 e. The average molecular weight is 697 g/mol. The van der Waals surface area contributed by atoms with Crippen LogP contribution in [0.5, 0.6) is 0 Å². The van der Waals surface area contributed by atoms with Crippen molar-refractivity contribution in [2.45, 2.75) is 15.0 Å². The second kappa shape index (κ2) is 15.6. The smallest absolute Gasteiger partial charge is 0.272 e. The minimum Gasteiger partial charge on any atom is -0.325 e. The van der Waals surface area contributed by atoms with Gasteiger partial charge in [0.25, 0.3) is 11.8 Å². The van der Waals surface area contributed by atoms with Crippen LogP contribution in [0, 0.1) is 0 Å². The molecule has 0 heterocycles. The molecule has 0 fully saturated rings. The van der Waals surface area contributed by atoms with Crippen molar-refractivity contribution in [2.75, 3.05) is 10.6 Å². The van der Waals surface area contributed by atoms with Gasteiger partial charge in [0, 0.05) is 26.9 Å². The first-order valence-corrected chi connectivity index (χ1v) is 17.3. The van der Waals surface area contributed by atoms with E-state index in [0.717, 1.165) is 10.5 Å². The van der Waals surface area contributed by atoms with Crippen LogP contribution in [0.2, 0.25) is 5.02 Å². The summed E-state index contributed by atoms with van der Waals surface area (Å²) in [6.07, 6.45) is 1.56. The fourth-order valence-electron chi connectivity index (χ4n) is 4.46. The Kier molecular flexibility index (Phi) is 11.1. The van der Waals surface area contributed by atoms with E-state index in [1.54, 1.807) is 84.9 Å². The van der Waals surface area contributed by atoms with Gasteiger partial charge < -0.3 is 16.0 Å². The Balaban J connectivity index is 1.32. The Bertz CT molecular complexity index is 2040. The van der Waals surface area contributed by atoms with Crippen LogP contribution in [0.1, 0.15) is 26.7 Å². The molecule has 0 saturated heterocycles. The number of halogens is 1. The molecular weight excluding hydrogens is 668 g/mol. The molecule has 0 bridgehead atoms. The second-order valence-corrected chi connectivity index (χ2v) is 13.6. The number of sulfonamides is 1. The van der Waals surface area contributed by atoms with Gasteiger partial charge >= 0.3 is 0 Å². The lowest BCUT2D eigenvalue weighted by atomic mass is 10.1. The van der Waals surface area contributed by atoms with Crippen LogP contribution in [-0.2, 0) is 19.6 Å². The quantitative estimate of drug-likeness (QED) is 0.0876. The highest BCUT2D eigenvalue weighted by Crippen LogP contribution is 2.37. The Morgan fingerprint density at radius 1 is 0.708 bits per heavy atom. The van der Waals surface area contributed by atoms with Gasteiger partial charge in [0.2, 0.25) is 15.9 Å². The van der Waals surface area contributed by atoms with Crippen LogP contribution in [0.3, 0.4) is 0 Å². The molecule has 0 aliphatic carbocycles. The predicted molar refractivity (Wildman–Crippen MR) is 190 cm³/mol. The van der Waals surface area contributed by atoms with Crippen LogP contribution in [-0.4, -0.2) is 26.1 Å². The van der Waals surface area contributed by atoms with Crippen molar-refractivity contribution in [3.8, 4) is 0 Å². The van der Waals surface area contributed by atoms with Gasteiger partial charge in [-0.05, 0) is 90.0 Å². The van der Waals surface area contributed by atoms with Gasteiger partial charge in [0.15, 0.2) is 0 Å². The molecule has 242 valence electrons. The number of primary sulfonamides is 1.